The minimum Gasteiger partial charge on any atom is -0.428 e. The van der Waals surface area contributed by atoms with Crippen molar-refractivity contribution in [2.45, 2.75) is 13.5 Å². The average Bonchev–Trinajstić information content (AvgIpc) is 3.28. The SMILES string of the molecule is Cc1oc(N(Cc2cscn2)c2ccc(C#N)cc2)nc1C(=O)NS(C)=O. The Labute approximate surface area is 162 Å². The number of carbonyl (C=O) groups excluding carboxylic acids is 1. The molecule has 0 bridgehead atoms. The number of rotatable bonds is 6. The van der Waals surface area contributed by atoms with E-state index in [4.69, 9.17) is 9.68 Å². The van der Waals surface area contributed by atoms with Gasteiger partial charge in [0.05, 0.1) is 29.4 Å². The predicted octanol–water partition coefficient (Wildman–Crippen LogP) is 2.67. The fourth-order valence-electron chi connectivity index (χ4n) is 2.35. The van der Waals surface area contributed by atoms with E-state index < -0.39 is 16.9 Å². The zero-order chi connectivity index (χ0) is 19.4. The molecule has 138 valence electrons. The molecule has 0 saturated heterocycles. The number of aromatic nitrogens is 2. The van der Waals surface area contributed by atoms with Gasteiger partial charge in [-0.1, -0.05) is 0 Å². The Balaban J connectivity index is 1.98. The van der Waals surface area contributed by atoms with Crippen LogP contribution in [0.1, 0.15) is 27.5 Å². The highest BCUT2D eigenvalue weighted by Gasteiger charge is 2.23. The molecule has 3 aromatic rings. The Morgan fingerprint density at radius 3 is 2.74 bits per heavy atom. The van der Waals surface area contributed by atoms with E-state index in [2.05, 4.69) is 20.8 Å². The molecule has 0 aliphatic heterocycles. The Morgan fingerprint density at radius 2 is 2.15 bits per heavy atom. The zero-order valence-corrected chi connectivity index (χ0v) is 16.1. The van der Waals surface area contributed by atoms with Crippen LogP contribution < -0.4 is 9.62 Å². The van der Waals surface area contributed by atoms with Gasteiger partial charge in [-0.2, -0.15) is 10.2 Å². The highest BCUT2D eigenvalue weighted by atomic mass is 32.2. The van der Waals surface area contributed by atoms with Gasteiger partial charge >= 0.3 is 6.01 Å². The van der Waals surface area contributed by atoms with E-state index >= 15 is 0 Å². The van der Waals surface area contributed by atoms with Crippen LogP contribution in [0, 0.1) is 18.3 Å². The molecule has 1 aromatic carbocycles. The smallest absolute Gasteiger partial charge is 0.303 e. The summed E-state index contributed by atoms with van der Waals surface area (Å²) in [5.41, 5.74) is 3.86. The summed E-state index contributed by atoms with van der Waals surface area (Å²) in [6.45, 7) is 1.99. The van der Waals surface area contributed by atoms with Crippen molar-refractivity contribution in [3.05, 3.63) is 57.9 Å². The maximum absolute atomic E-state index is 12.2. The van der Waals surface area contributed by atoms with Gasteiger partial charge < -0.3 is 4.42 Å². The lowest BCUT2D eigenvalue weighted by Gasteiger charge is -2.19. The lowest BCUT2D eigenvalue weighted by Crippen LogP contribution is -2.25. The molecule has 1 unspecified atom stereocenters. The third kappa shape index (κ3) is 4.39. The fourth-order valence-corrected chi connectivity index (χ4v) is 3.26. The lowest BCUT2D eigenvalue weighted by atomic mass is 10.2. The van der Waals surface area contributed by atoms with Crippen LogP contribution in [-0.2, 0) is 17.5 Å². The molecule has 1 amide bonds. The van der Waals surface area contributed by atoms with Crippen LogP contribution in [0.15, 0.2) is 39.6 Å². The lowest BCUT2D eigenvalue weighted by molar-refractivity contribution is 0.0977. The minimum absolute atomic E-state index is 0.0668. The van der Waals surface area contributed by atoms with Crippen molar-refractivity contribution in [1.29, 1.82) is 5.26 Å². The van der Waals surface area contributed by atoms with Crippen molar-refractivity contribution in [1.82, 2.24) is 14.7 Å². The van der Waals surface area contributed by atoms with Crippen LogP contribution in [0.25, 0.3) is 0 Å². The summed E-state index contributed by atoms with van der Waals surface area (Å²) in [5.74, 6) is -0.262. The average molecular weight is 401 g/mol. The number of hydrogen-bond acceptors (Lipinski definition) is 8. The highest BCUT2D eigenvalue weighted by Crippen LogP contribution is 2.29. The minimum atomic E-state index is -1.51. The Bertz CT molecular complexity index is 1010. The summed E-state index contributed by atoms with van der Waals surface area (Å²) in [6.07, 6.45) is 1.36. The van der Waals surface area contributed by atoms with Crippen LogP contribution in [-0.4, -0.2) is 26.3 Å². The van der Waals surface area contributed by atoms with Crippen LogP contribution in [0.4, 0.5) is 11.7 Å². The van der Waals surface area contributed by atoms with Crippen LogP contribution in [0.5, 0.6) is 0 Å². The Morgan fingerprint density at radius 1 is 1.41 bits per heavy atom. The number of carbonyl (C=O) groups is 1. The summed E-state index contributed by atoms with van der Waals surface area (Å²) >= 11 is 1.47. The van der Waals surface area contributed by atoms with Crippen molar-refractivity contribution >= 4 is 39.9 Å². The predicted molar refractivity (Wildman–Crippen MR) is 102 cm³/mol. The zero-order valence-electron chi connectivity index (χ0n) is 14.5. The molecule has 10 heteroatoms. The van der Waals surface area contributed by atoms with Crippen molar-refractivity contribution in [2.24, 2.45) is 0 Å². The van der Waals surface area contributed by atoms with Gasteiger partial charge in [-0.05, 0) is 31.2 Å². The molecular weight excluding hydrogens is 386 g/mol. The number of nitrogens with zero attached hydrogens (tertiary/aromatic N) is 4. The summed E-state index contributed by atoms with van der Waals surface area (Å²) in [4.78, 5) is 22.5. The quantitative estimate of drug-likeness (QED) is 0.676. The largest absolute Gasteiger partial charge is 0.428 e. The molecule has 2 aromatic heterocycles. The van der Waals surface area contributed by atoms with Gasteiger partial charge in [0.1, 0.15) is 16.7 Å². The number of amides is 1. The van der Waals surface area contributed by atoms with Gasteiger partial charge in [0.15, 0.2) is 5.69 Å². The van der Waals surface area contributed by atoms with E-state index in [1.54, 1.807) is 41.6 Å². The van der Waals surface area contributed by atoms with Gasteiger partial charge in [0, 0.05) is 17.3 Å². The molecule has 27 heavy (non-hydrogen) atoms. The molecule has 2 heterocycles. The standard InChI is InChI=1S/C17H15N5O3S2/c1-11-15(16(23)21-27(2)24)20-17(25-11)22(8-13-9-26-10-19-13)14-5-3-12(7-18)4-6-14/h3-6,9-10H,8H2,1-2H3,(H,21,23). The van der Waals surface area contributed by atoms with E-state index in [0.29, 0.717) is 17.9 Å². The monoisotopic (exact) mass is 401 g/mol. The molecular formula is C17H15N5O3S2. The molecule has 0 aliphatic carbocycles. The summed E-state index contributed by atoms with van der Waals surface area (Å²) in [7, 11) is -1.51. The number of oxazole rings is 1. The van der Waals surface area contributed by atoms with Crippen molar-refractivity contribution in [2.75, 3.05) is 11.2 Å². The van der Waals surface area contributed by atoms with E-state index in [1.807, 2.05) is 5.38 Å². The number of aryl methyl sites for hydroxylation is 1. The summed E-state index contributed by atoms with van der Waals surface area (Å²) < 4.78 is 19.3. The molecule has 0 radical (unpaired) electrons. The maximum Gasteiger partial charge on any atom is 0.303 e. The number of nitrogens with one attached hydrogen (secondary N) is 1. The number of nitriles is 1. The van der Waals surface area contributed by atoms with E-state index in [9.17, 15) is 9.00 Å². The Kier molecular flexibility index (Phi) is 5.63. The number of thiazole rings is 1. The van der Waals surface area contributed by atoms with Crippen LogP contribution in [0.2, 0.25) is 0 Å². The second kappa shape index (κ2) is 8.11. The van der Waals surface area contributed by atoms with Gasteiger partial charge in [0.25, 0.3) is 5.91 Å². The van der Waals surface area contributed by atoms with E-state index in [0.717, 1.165) is 11.4 Å². The maximum atomic E-state index is 12.2. The number of benzene rings is 1. The van der Waals surface area contributed by atoms with E-state index in [-0.39, 0.29) is 11.7 Å². The first-order chi connectivity index (χ1) is 13.0. The van der Waals surface area contributed by atoms with Gasteiger partial charge in [-0.3, -0.25) is 14.4 Å². The first-order valence-corrected chi connectivity index (χ1v) is 10.2. The first-order valence-electron chi connectivity index (χ1n) is 7.74. The highest BCUT2D eigenvalue weighted by molar-refractivity contribution is 7.82. The Hall–Kier alpha value is -3.03. The third-order valence-electron chi connectivity index (χ3n) is 3.58. The third-order valence-corrected chi connectivity index (χ3v) is 4.69. The molecule has 1 N–H and O–H groups in total. The first kappa shape index (κ1) is 18.8. The van der Waals surface area contributed by atoms with Crippen LogP contribution >= 0.6 is 11.3 Å². The van der Waals surface area contributed by atoms with Gasteiger partial charge in [-0.15, -0.1) is 11.3 Å². The summed E-state index contributed by atoms with van der Waals surface area (Å²) in [5, 5.41) is 10.9. The second-order valence-electron chi connectivity index (χ2n) is 5.51. The summed E-state index contributed by atoms with van der Waals surface area (Å²) in [6, 6.07) is 9.19. The molecule has 8 nitrogen and oxygen atoms in total. The molecule has 0 spiro atoms. The molecule has 3 rings (SSSR count). The van der Waals surface area contributed by atoms with Gasteiger partial charge in [-0.25, -0.2) is 9.19 Å². The fraction of sp³-hybridized carbons (Fsp3) is 0.176. The second-order valence-corrected chi connectivity index (χ2v) is 7.34. The molecule has 1 atom stereocenters. The van der Waals surface area contributed by atoms with Crippen LogP contribution in [0.3, 0.4) is 0 Å². The number of hydrogen-bond donors (Lipinski definition) is 1. The number of anilines is 2. The van der Waals surface area contributed by atoms with Crippen molar-refractivity contribution < 1.29 is 13.4 Å². The normalized spacial score (nSPS) is 11.6. The molecule has 0 fully saturated rings. The molecule has 0 saturated carbocycles. The topological polar surface area (TPSA) is 112 Å². The van der Waals surface area contributed by atoms with Crippen molar-refractivity contribution in [3.8, 4) is 6.07 Å². The van der Waals surface area contributed by atoms with Gasteiger partial charge in [0.2, 0.25) is 0 Å². The molecule has 0 aliphatic rings. The van der Waals surface area contributed by atoms with E-state index in [1.165, 1.54) is 17.6 Å². The van der Waals surface area contributed by atoms with Crippen molar-refractivity contribution in [3.63, 3.8) is 0 Å².